The van der Waals surface area contributed by atoms with E-state index in [2.05, 4.69) is 0 Å². The van der Waals surface area contributed by atoms with Crippen LogP contribution in [0.3, 0.4) is 0 Å². The van der Waals surface area contributed by atoms with Gasteiger partial charge in [-0.15, -0.1) is 0 Å². The summed E-state index contributed by atoms with van der Waals surface area (Å²) < 4.78 is 102. The maximum Gasteiger partial charge on any atom is 0.378 e. The molecule has 0 aliphatic heterocycles. The first kappa shape index (κ1) is 15.5. The lowest BCUT2D eigenvalue weighted by atomic mass is 9.81. The molecule has 108 valence electrons. The fraction of sp³-hybridized carbons (Fsp3) is 1.00. The SMILES string of the molecule is FC(F)C(F)(F)C(F)(F)C(F)(F)C1CCCCC1. The Labute approximate surface area is 98.3 Å². The van der Waals surface area contributed by atoms with Crippen LogP contribution in [0.2, 0.25) is 0 Å². The largest absolute Gasteiger partial charge is 0.378 e. The number of hydrogen-bond donors (Lipinski definition) is 0. The molecule has 0 saturated heterocycles. The molecular formula is C10H12F8. The zero-order valence-corrected chi connectivity index (χ0v) is 9.21. The van der Waals surface area contributed by atoms with Crippen LogP contribution in [0, 0.1) is 5.92 Å². The van der Waals surface area contributed by atoms with Crippen LogP contribution in [0.25, 0.3) is 0 Å². The maximum absolute atomic E-state index is 13.4. The lowest BCUT2D eigenvalue weighted by Crippen LogP contribution is -2.60. The van der Waals surface area contributed by atoms with Crippen LogP contribution in [0.1, 0.15) is 32.1 Å². The van der Waals surface area contributed by atoms with Crippen molar-refractivity contribution in [2.75, 3.05) is 0 Å². The molecule has 1 aliphatic carbocycles. The Morgan fingerprint density at radius 2 is 1.22 bits per heavy atom. The first-order valence-corrected chi connectivity index (χ1v) is 5.46. The second-order valence-corrected chi connectivity index (χ2v) is 4.46. The molecule has 0 aromatic carbocycles. The van der Waals surface area contributed by atoms with Crippen LogP contribution in [-0.4, -0.2) is 24.2 Å². The van der Waals surface area contributed by atoms with E-state index in [9.17, 15) is 35.1 Å². The van der Waals surface area contributed by atoms with E-state index in [0.29, 0.717) is 6.42 Å². The summed E-state index contributed by atoms with van der Waals surface area (Å²) in [5.74, 6) is -19.2. The first-order chi connectivity index (χ1) is 8.05. The quantitative estimate of drug-likeness (QED) is 0.654. The van der Waals surface area contributed by atoms with Crippen LogP contribution in [-0.2, 0) is 0 Å². The Balaban J connectivity index is 3.00. The lowest BCUT2D eigenvalue weighted by Gasteiger charge is -2.38. The normalized spacial score (nSPS) is 20.5. The summed E-state index contributed by atoms with van der Waals surface area (Å²) in [7, 11) is 0. The smallest absolute Gasteiger partial charge is 0.203 e. The molecule has 0 amide bonds. The minimum atomic E-state index is -6.05. The Kier molecular flexibility index (Phi) is 4.17. The van der Waals surface area contributed by atoms with Gasteiger partial charge in [-0.2, -0.15) is 26.3 Å². The molecule has 0 bridgehead atoms. The fourth-order valence-electron chi connectivity index (χ4n) is 2.08. The summed E-state index contributed by atoms with van der Waals surface area (Å²) in [6.45, 7) is 0. The Hall–Kier alpha value is -0.560. The number of halogens is 8. The van der Waals surface area contributed by atoms with Gasteiger partial charge in [-0.3, -0.25) is 0 Å². The zero-order chi connectivity index (χ0) is 14.2. The molecule has 1 rings (SSSR count). The fourth-order valence-corrected chi connectivity index (χ4v) is 2.08. The van der Waals surface area contributed by atoms with Crippen molar-refractivity contribution >= 4 is 0 Å². The highest BCUT2D eigenvalue weighted by Crippen LogP contribution is 2.53. The first-order valence-electron chi connectivity index (χ1n) is 5.46. The van der Waals surface area contributed by atoms with Gasteiger partial charge in [0.1, 0.15) is 0 Å². The van der Waals surface area contributed by atoms with Crippen molar-refractivity contribution in [3.05, 3.63) is 0 Å². The molecule has 0 atom stereocenters. The van der Waals surface area contributed by atoms with E-state index in [1.807, 2.05) is 0 Å². The van der Waals surface area contributed by atoms with Crippen LogP contribution in [0.15, 0.2) is 0 Å². The van der Waals surface area contributed by atoms with Gasteiger partial charge in [0.05, 0.1) is 0 Å². The molecule has 0 aromatic heterocycles. The molecule has 1 saturated carbocycles. The van der Waals surface area contributed by atoms with Gasteiger partial charge < -0.3 is 0 Å². The van der Waals surface area contributed by atoms with E-state index in [1.54, 1.807) is 0 Å². The minimum absolute atomic E-state index is 0.205. The average Bonchev–Trinajstić information content (AvgIpc) is 2.29. The lowest BCUT2D eigenvalue weighted by molar-refractivity contribution is -0.352. The van der Waals surface area contributed by atoms with Gasteiger partial charge >= 0.3 is 24.2 Å². The van der Waals surface area contributed by atoms with Gasteiger partial charge in [0.15, 0.2) is 0 Å². The van der Waals surface area contributed by atoms with E-state index in [1.165, 1.54) is 0 Å². The summed E-state index contributed by atoms with van der Waals surface area (Å²) in [6, 6.07) is 0. The highest BCUT2D eigenvalue weighted by Gasteiger charge is 2.76. The predicted octanol–water partition coefficient (Wildman–Crippen LogP) is 4.74. The van der Waals surface area contributed by atoms with Crippen LogP contribution >= 0.6 is 0 Å². The molecular weight excluding hydrogens is 272 g/mol. The second-order valence-electron chi connectivity index (χ2n) is 4.46. The zero-order valence-electron chi connectivity index (χ0n) is 9.21. The highest BCUT2D eigenvalue weighted by molar-refractivity contribution is 5.01. The molecule has 1 fully saturated rings. The van der Waals surface area contributed by atoms with E-state index in [4.69, 9.17) is 0 Å². The standard InChI is InChI=1S/C10H12F8/c11-7(12)9(15,16)10(17,18)8(13,14)6-4-2-1-3-5-6/h6-7H,1-5H2. The highest BCUT2D eigenvalue weighted by atomic mass is 19.4. The van der Waals surface area contributed by atoms with Crippen LogP contribution in [0.4, 0.5) is 35.1 Å². The monoisotopic (exact) mass is 284 g/mol. The van der Waals surface area contributed by atoms with E-state index in [0.717, 1.165) is 0 Å². The van der Waals surface area contributed by atoms with Gasteiger partial charge in [0, 0.05) is 5.92 Å². The topological polar surface area (TPSA) is 0 Å². The van der Waals surface area contributed by atoms with E-state index >= 15 is 0 Å². The molecule has 0 radical (unpaired) electrons. The summed E-state index contributed by atoms with van der Waals surface area (Å²) in [5, 5.41) is 0. The predicted molar refractivity (Wildman–Crippen MR) is 47.4 cm³/mol. The van der Waals surface area contributed by atoms with Gasteiger partial charge in [0.2, 0.25) is 0 Å². The molecule has 0 unspecified atom stereocenters. The molecule has 1 aliphatic rings. The number of alkyl halides is 8. The Bertz CT molecular complexity index is 280. The molecule has 0 N–H and O–H groups in total. The van der Waals surface area contributed by atoms with Crippen molar-refractivity contribution in [2.24, 2.45) is 5.92 Å². The van der Waals surface area contributed by atoms with Gasteiger partial charge in [-0.05, 0) is 12.8 Å². The van der Waals surface area contributed by atoms with E-state index < -0.39 is 30.1 Å². The van der Waals surface area contributed by atoms with E-state index in [-0.39, 0.29) is 25.7 Å². The Morgan fingerprint density at radius 1 is 0.778 bits per heavy atom. The molecule has 0 heterocycles. The average molecular weight is 284 g/mol. The van der Waals surface area contributed by atoms with Crippen molar-refractivity contribution in [3.8, 4) is 0 Å². The number of rotatable bonds is 4. The molecule has 8 heteroatoms. The van der Waals surface area contributed by atoms with Crippen molar-refractivity contribution < 1.29 is 35.1 Å². The third-order valence-electron chi connectivity index (χ3n) is 3.23. The van der Waals surface area contributed by atoms with Crippen molar-refractivity contribution in [3.63, 3.8) is 0 Å². The van der Waals surface area contributed by atoms with Crippen LogP contribution in [0.5, 0.6) is 0 Å². The summed E-state index contributed by atoms with van der Waals surface area (Å²) in [6.07, 6.45) is -4.60. The summed E-state index contributed by atoms with van der Waals surface area (Å²) in [4.78, 5) is 0. The van der Waals surface area contributed by atoms with Crippen molar-refractivity contribution in [1.29, 1.82) is 0 Å². The summed E-state index contributed by atoms with van der Waals surface area (Å²) >= 11 is 0. The molecule has 0 spiro atoms. The third-order valence-corrected chi connectivity index (χ3v) is 3.23. The Morgan fingerprint density at radius 3 is 1.61 bits per heavy atom. The molecule has 0 nitrogen and oxygen atoms in total. The number of hydrogen-bond acceptors (Lipinski definition) is 0. The van der Waals surface area contributed by atoms with Gasteiger partial charge in [-0.25, -0.2) is 8.78 Å². The van der Waals surface area contributed by atoms with Crippen molar-refractivity contribution in [1.82, 2.24) is 0 Å². The van der Waals surface area contributed by atoms with Crippen molar-refractivity contribution in [2.45, 2.75) is 56.3 Å². The third kappa shape index (κ3) is 2.30. The van der Waals surface area contributed by atoms with Crippen LogP contribution < -0.4 is 0 Å². The van der Waals surface area contributed by atoms with Gasteiger partial charge in [0.25, 0.3) is 0 Å². The maximum atomic E-state index is 13.4. The van der Waals surface area contributed by atoms with Gasteiger partial charge in [-0.1, -0.05) is 19.3 Å². The summed E-state index contributed by atoms with van der Waals surface area (Å²) in [5.41, 5.74) is 0. The molecule has 18 heavy (non-hydrogen) atoms. The minimum Gasteiger partial charge on any atom is -0.203 e. The second kappa shape index (κ2) is 4.85. The molecule has 0 aromatic rings.